The topological polar surface area (TPSA) is 72.2 Å². The van der Waals surface area contributed by atoms with Crippen LogP contribution in [0, 0.1) is 19.7 Å². The first-order valence-electron chi connectivity index (χ1n) is 6.40. The van der Waals surface area contributed by atoms with Gasteiger partial charge in [-0.15, -0.1) is 0 Å². The highest BCUT2D eigenvalue weighted by Gasteiger charge is 2.19. The van der Waals surface area contributed by atoms with E-state index in [0.29, 0.717) is 22.4 Å². The minimum Gasteiger partial charge on any atom is -0.399 e. The minimum atomic E-state index is -3.68. The van der Waals surface area contributed by atoms with Crippen LogP contribution in [0.4, 0.5) is 10.1 Å². The highest BCUT2D eigenvalue weighted by atomic mass is 32.2. The molecule has 0 unspecified atom stereocenters. The molecule has 0 bridgehead atoms. The number of nitrogens with one attached hydrogen (secondary N) is 1. The van der Waals surface area contributed by atoms with Gasteiger partial charge in [-0.2, -0.15) is 0 Å². The number of aryl methyl sites for hydroxylation is 2. The van der Waals surface area contributed by atoms with Gasteiger partial charge in [-0.05, 0) is 54.8 Å². The Morgan fingerprint density at radius 1 is 1.14 bits per heavy atom. The van der Waals surface area contributed by atoms with E-state index in [2.05, 4.69) is 4.72 Å². The fraction of sp³-hybridized carbons (Fsp3) is 0.200. The molecule has 3 N–H and O–H groups in total. The first-order chi connectivity index (χ1) is 9.79. The van der Waals surface area contributed by atoms with Crippen LogP contribution in [-0.4, -0.2) is 8.42 Å². The third kappa shape index (κ3) is 3.59. The van der Waals surface area contributed by atoms with Crippen LogP contribution in [0.5, 0.6) is 0 Å². The molecule has 0 aliphatic heterocycles. The molecule has 2 rings (SSSR count). The van der Waals surface area contributed by atoms with Crippen LogP contribution in [0.1, 0.15) is 16.7 Å². The number of benzene rings is 2. The molecule has 0 fully saturated rings. The quantitative estimate of drug-likeness (QED) is 0.852. The number of nitrogens with two attached hydrogens (primary N) is 1. The lowest BCUT2D eigenvalue weighted by Crippen LogP contribution is -2.25. The lowest BCUT2D eigenvalue weighted by molar-refractivity contribution is 0.579. The Kier molecular flexibility index (Phi) is 4.29. The van der Waals surface area contributed by atoms with Crippen LogP contribution in [-0.2, 0) is 16.6 Å². The Labute approximate surface area is 123 Å². The summed E-state index contributed by atoms with van der Waals surface area (Å²) in [5.41, 5.74) is 7.94. The maximum absolute atomic E-state index is 13.1. The Morgan fingerprint density at radius 2 is 1.76 bits per heavy atom. The van der Waals surface area contributed by atoms with Gasteiger partial charge in [0.15, 0.2) is 0 Å². The second-order valence-corrected chi connectivity index (χ2v) is 6.64. The fourth-order valence-electron chi connectivity index (χ4n) is 2.31. The first kappa shape index (κ1) is 15.5. The smallest absolute Gasteiger partial charge is 0.241 e. The maximum Gasteiger partial charge on any atom is 0.241 e. The minimum absolute atomic E-state index is 0.0311. The molecule has 2 aromatic rings. The van der Waals surface area contributed by atoms with Crippen LogP contribution in [0.2, 0.25) is 0 Å². The van der Waals surface area contributed by atoms with Gasteiger partial charge in [0, 0.05) is 12.2 Å². The van der Waals surface area contributed by atoms with Gasteiger partial charge in [0.1, 0.15) is 5.82 Å². The Morgan fingerprint density at radius 3 is 2.33 bits per heavy atom. The van der Waals surface area contributed by atoms with Crippen molar-refractivity contribution in [2.75, 3.05) is 5.73 Å². The summed E-state index contributed by atoms with van der Waals surface area (Å²) in [6.07, 6.45) is 0. The standard InChI is InChI=1S/C15H17FN2O2S/c1-10-6-14(17)7-11(2)15(10)21(19,20)18-9-12-4-3-5-13(16)8-12/h3-8,18H,9,17H2,1-2H3. The number of rotatable bonds is 4. The third-order valence-corrected chi connectivity index (χ3v) is 4.81. The molecular formula is C15H17FN2O2S. The number of nitrogen functional groups attached to an aromatic ring is 1. The summed E-state index contributed by atoms with van der Waals surface area (Å²) >= 11 is 0. The van der Waals surface area contributed by atoms with Gasteiger partial charge < -0.3 is 5.73 Å². The average Bonchev–Trinajstić information content (AvgIpc) is 2.35. The SMILES string of the molecule is Cc1cc(N)cc(C)c1S(=O)(=O)NCc1cccc(F)c1. The zero-order valence-corrected chi connectivity index (χ0v) is 12.7. The van der Waals surface area contributed by atoms with Gasteiger partial charge >= 0.3 is 0 Å². The third-order valence-electron chi connectivity index (χ3n) is 3.11. The molecule has 0 atom stereocenters. The van der Waals surface area contributed by atoms with Crippen LogP contribution in [0.3, 0.4) is 0 Å². The van der Waals surface area contributed by atoms with Crippen molar-refractivity contribution in [3.63, 3.8) is 0 Å². The fourth-order valence-corrected chi connectivity index (χ4v) is 3.77. The molecule has 0 heterocycles. The van der Waals surface area contributed by atoms with Crippen molar-refractivity contribution in [2.24, 2.45) is 0 Å². The summed E-state index contributed by atoms with van der Waals surface area (Å²) < 4.78 is 40.4. The van der Waals surface area contributed by atoms with Crippen molar-refractivity contribution in [1.29, 1.82) is 0 Å². The molecule has 0 saturated heterocycles. The molecule has 2 aromatic carbocycles. The number of sulfonamides is 1. The van der Waals surface area contributed by atoms with Crippen LogP contribution >= 0.6 is 0 Å². The first-order valence-corrected chi connectivity index (χ1v) is 7.89. The normalized spacial score (nSPS) is 11.6. The van der Waals surface area contributed by atoms with Crippen LogP contribution < -0.4 is 10.5 Å². The summed E-state index contributed by atoms with van der Waals surface area (Å²) in [6.45, 7) is 3.42. The molecule has 0 amide bonds. The van der Waals surface area contributed by atoms with Crippen molar-refractivity contribution >= 4 is 15.7 Å². The lowest BCUT2D eigenvalue weighted by atomic mass is 10.1. The summed E-state index contributed by atoms with van der Waals surface area (Å²) in [5, 5.41) is 0. The predicted octanol–water partition coefficient (Wildman–Crippen LogP) is 2.50. The van der Waals surface area contributed by atoms with Crippen LogP contribution in [0.25, 0.3) is 0 Å². The van der Waals surface area contributed by atoms with E-state index in [1.54, 1.807) is 38.1 Å². The van der Waals surface area contributed by atoms with E-state index in [-0.39, 0.29) is 11.4 Å². The predicted molar refractivity (Wildman–Crippen MR) is 80.8 cm³/mol. The van der Waals surface area contributed by atoms with E-state index < -0.39 is 15.8 Å². The molecule has 0 saturated carbocycles. The summed E-state index contributed by atoms with van der Waals surface area (Å²) in [7, 11) is -3.68. The van der Waals surface area contributed by atoms with Gasteiger partial charge in [-0.1, -0.05) is 12.1 Å². The molecule has 6 heteroatoms. The van der Waals surface area contributed by atoms with E-state index in [4.69, 9.17) is 5.73 Å². The van der Waals surface area contributed by atoms with E-state index in [0.717, 1.165) is 0 Å². The Bertz CT molecular complexity index is 750. The molecule has 0 aliphatic carbocycles. The summed E-state index contributed by atoms with van der Waals surface area (Å²) in [5.74, 6) is -0.397. The van der Waals surface area contributed by atoms with E-state index in [1.165, 1.54) is 12.1 Å². The molecular weight excluding hydrogens is 291 g/mol. The number of anilines is 1. The van der Waals surface area contributed by atoms with E-state index >= 15 is 0 Å². The van der Waals surface area contributed by atoms with Crippen molar-refractivity contribution in [3.05, 3.63) is 58.9 Å². The summed E-state index contributed by atoms with van der Waals surface area (Å²) in [4.78, 5) is 0.216. The summed E-state index contributed by atoms with van der Waals surface area (Å²) in [6, 6.07) is 9.04. The molecule has 0 spiro atoms. The van der Waals surface area contributed by atoms with E-state index in [9.17, 15) is 12.8 Å². The molecule has 4 nitrogen and oxygen atoms in total. The second-order valence-electron chi connectivity index (χ2n) is 4.94. The molecule has 21 heavy (non-hydrogen) atoms. The Balaban J connectivity index is 2.27. The molecule has 0 radical (unpaired) electrons. The number of hydrogen-bond acceptors (Lipinski definition) is 3. The zero-order chi connectivity index (χ0) is 15.6. The zero-order valence-electron chi connectivity index (χ0n) is 11.9. The van der Waals surface area contributed by atoms with Crippen molar-refractivity contribution in [2.45, 2.75) is 25.3 Å². The van der Waals surface area contributed by atoms with Gasteiger partial charge in [-0.25, -0.2) is 17.5 Å². The van der Waals surface area contributed by atoms with Gasteiger partial charge in [-0.3, -0.25) is 0 Å². The van der Waals surface area contributed by atoms with Crippen molar-refractivity contribution in [3.8, 4) is 0 Å². The molecule has 0 aromatic heterocycles. The van der Waals surface area contributed by atoms with Crippen molar-refractivity contribution in [1.82, 2.24) is 4.72 Å². The number of hydrogen-bond donors (Lipinski definition) is 2. The monoisotopic (exact) mass is 308 g/mol. The highest BCUT2D eigenvalue weighted by molar-refractivity contribution is 7.89. The van der Waals surface area contributed by atoms with E-state index in [1.807, 2.05) is 0 Å². The second kappa shape index (κ2) is 5.83. The maximum atomic E-state index is 13.1. The van der Waals surface area contributed by atoms with Crippen molar-refractivity contribution < 1.29 is 12.8 Å². The Hall–Kier alpha value is -1.92. The van der Waals surface area contributed by atoms with Crippen LogP contribution in [0.15, 0.2) is 41.3 Å². The number of halogens is 1. The lowest BCUT2D eigenvalue weighted by Gasteiger charge is -2.13. The highest BCUT2D eigenvalue weighted by Crippen LogP contribution is 2.23. The van der Waals surface area contributed by atoms with Gasteiger partial charge in [0.05, 0.1) is 4.90 Å². The van der Waals surface area contributed by atoms with Gasteiger partial charge in [0.2, 0.25) is 10.0 Å². The molecule has 0 aliphatic rings. The molecule has 112 valence electrons. The average molecular weight is 308 g/mol. The van der Waals surface area contributed by atoms with Gasteiger partial charge in [0.25, 0.3) is 0 Å². The largest absolute Gasteiger partial charge is 0.399 e.